The number of unbranched alkanes of at least 4 members (excludes halogenated alkanes) is 6. The Bertz CT molecular complexity index is 321. The van der Waals surface area contributed by atoms with Gasteiger partial charge in [-0.05, 0) is 25.7 Å². The number of carbonyl (C=O) groups is 2. The smallest absolute Gasteiger partial charge is 0.323 e. The maximum atomic E-state index is 12.4. The fourth-order valence-corrected chi connectivity index (χ4v) is 2.61. The third-order valence-corrected chi connectivity index (χ3v) is 4.41. The molecule has 0 aromatic rings. The van der Waals surface area contributed by atoms with E-state index < -0.39 is 17.4 Å². The van der Waals surface area contributed by atoms with Gasteiger partial charge < -0.3 is 9.47 Å². The molecule has 23 heavy (non-hydrogen) atoms. The summed E-state index contributed by atoms with van der Waals surface area (Å²) in [6.07, 6.45) is 9.79. The van der Waals surface area contributed by atoms with Gasteiger partial charge in [0.2, 0.25) is 0 Å². The van der Waals surface area contributed by atoms with Crippen LogP contribution in [0.15, 0.2) is 0 Å². The predicted octanol–water partition coefficient (Wildman–Crippen LogP) is 5.04. The van der Waals surface area contributed by atoms with E-state index >= 15 is 0 Å². The molecule has 0 unspecified atom stereocenters. The quantitative estimate of drug-likeness (QED) is 0.255. The molecule has 0 rings (SSSR count). The van der Waals surface area contributed by atoms with Crippen molar-refractivity contribution in [3.8, 4) is 0 Å². The molecule has 0 atom stereocenters. The molecule has 0 heterocycles. The van der Waals surface area contributed by atoms with Crippen molar-refractivity contribution < 1.29 is 19.1 Å². The summed E-state index contributed by atoms with van der Waals surface area (Å²) in [6.45, 7) is 8.57. The minimum atomic E-state index is -1.13. The minimum absolute atomic E-state index is 0.353. The Morgan fingerprint density at radius 1 is 0.652 bits per heavy atom. The molecular formula is C19H36O4. The van der Waals surface area contributed by atoms with Crippen LogP contribution in [0.25, 0.3) is 0 Å². The zero-order valence-electron chi connectivity index (χ0n) is 15.6. The summed E-state index contributed by atoms with van der Waals surface area (Å²) in [5.74, 6) is -0.858. The number of hydrogen-bond donors (Lipinski definition) is 0. The predicted molar refractivity (Wildman–Crippen MR) is 93.2 cm³/mol. The Hall–Kier alpha value is -1.06. The van der Waals surface area contributed by atoms with Crippen molar-refractivity contribution in [1.82, 2.24) is 0 Å². The van der Waals surface area contributed by atoms with Gasteiger partial charge >= 0.3 is 11.9 Å². The van der Waals surface area contributed by atoms with Crippen LogP contribution < -0.4 is 0 Å². The molecule has 136 valence electrons. The molecule has 4 nitrogen and oxygen atoms in total. The first-order valence-corrected chi connectivity index (χ1v) is 9.43. The highest BCUT2D eigenvalue weighted by atomic mass is 16.6. The number of ether oxygens (including phenoxy) is 2. The summed E-state index contributed by atoms with van der Waals surface area (Å²) >= 11 is 0. The Balaban J connectivity index is 4.18. The van der Waals surface area contributed by atoms with Crippen molar-refractivity contribution in [1.29, 1.82) is 0 Å². The number of carbonyl (C=O) groups excluding carboxylic acids is 2. The number of esters is 2. The van der Waals surface area contributed by atoms with Crippen LogP contribution in [0.2, 0.25) is 0 Å². The third-order valence-electron chi connectivity index (χ3n) is 4.41. The molecule has 0 aliphatic carbocycles. The third kappa shape index (κ3) is 7.85. The SMILES string of the molecule is CCCCCCCCCOC(=O)C(CC)(CC)C(=O)OCCC. The van der Waals surface area contributed by atoms with Gasteiger partial charge in [0.15, 0.2) is 5.41 Å². The molecule has 0 aliphatic heterocycles. The van der Waals surface area contributed by atoms with Gasteiger partial charge in [-0.15, -0.1) is 0 Å². The average Bonchev–Trinajstić information content (AvgIpc) is 2.57. The first kappa shape index (κ1) is 21.9. The van der Waals surface area contributed by atoms with Crippen LogP contribution in [0.4, 0.5) is 0 Å². The van der Waals surface area contributed by atoms with Gasteiger partial charge in [0, 0.05) is 0 Å². The van der Waals surface area contributed by atoms with E-state index in [-0.39, 0.29) is 0 Å². The first-order chi connectivity index (χ1) is 11.1. The van der Waals surface area contributed by atoms with Gasteiger partial charge in [-0.2, -0.15) is 0 Å². The molecule has 0 fully saturated rings. The molecule has 0 spiro atoms. The summed E-state index contributed by atoms with van der Waals surface area (Å²) in [7, 11) is 0. The first-order valence-electron chi connectivity index (χ1n) is 9.43. The van der Waals surface area contributed by atoms with Gasteiger partial charge in [-0.25, -0.2) is 0 Å². The Morgan fingerprint density at radius 2 is 1.13 bits per heavy atom. The monoisotopic (exact) mass is 328 g/mol. The van der Waals surface area contributed by atoms with E-state index in [4.69, 9.17) is 9.47 Å². The van der Waals surface area contributed by atoms with E-state index in [1.807, 2.05) is 20.8 Å². The van der Waals surface area contributed by atoms with Gasteiger partial charge in [0.25, 0.3) is 0 Å². The Morgan fingerprint density at radius 3 is 1.61 bits per heavy atom. The van der Waals surface area contributed by atoms with Crippen molar-refractivity contribution in [2.45, 2.75) is 91.9 Å². The van der Waals surface area contributed by atoms with Gasteiger partial charge in [0.1, 0.15) is 0 Å². The van der Waals surface area contributed by atoms with Crippen LogP contribution in [-0.2, 0) is 19.1 Å². The second-order valence-corrected chi connectivity index (χ2v) is 6.18. The van der Waals surface area contributed by atoms with Gasteiger partial charge in [-0.3, -0.25) is 9.59 Å². The van der Waals surface area contributed by atoms with Crippen LogP contribution in [0, 0.1) is 5.41 Å². The molecular weight excluding hydrogens is 292 g/mol. The Labute approximate surface area is 142 Å². The summed E-state index contributed by atoms with van der Waals surface area (Å²) in [5.41, 5.74) is -1.13. The molecule has 0 aliphatic rings. The van der Waals surface area contributed by atoms with Crippen molar-refractivity contribution in [3.63, 3.8) is 0 Å². The zero-order valence-corrected chi connectivity index (χ0v) is 15.6. The molecule has 0 aromatic heterocycles. The van der Waals surface area contributed by atoms with Crippen LogP contribution in [0.5, 0.6) is 0 Å². The highest BCUT2D eigenvalue weighted by molar-refractivity contribution is 5.99. The lowest BCUT2D eigenvalue weighted by atomic mass is 9.82. The largest absolute Gasteiger partial charge is 0.465 e. The number of hydrogen-bond acceptors (Lipinski definition) is 4. The van der Waals surface area contributed by atoms with E-state index in [0.29, 0.717) is 26.1 Å². The van der Waals surface area contributed by atoms with E-state index in [9.17, 15) is 9.59 Å². The van der Waals surface area contributed by atoms with Gasteiger partial charge in [0.05, 0.1) is 13.2 Å². The average molecular weight is 328 g/mol. The zero-order chi connectivity index (χ0) is 17.6. The van der Waals surface area contributed by atoms with Crippen molar-refractivity contribution >= 4 is 11.9 Å². The normalized spacial score (nSPS) is 11.3. The van der Waals surface area contributed by atoms with Crippen LogP contribution in [0.3, 0.4) is 0 Å². The van der Waals surface area contributed by atoms with Crippen molar-refractivity contribution in [3.05, 3.63) is 0 Å². The van der Waals surface area contributed by atoms with Crippen molar-refractivity contribution in [2.75, 3.05) is 13.2 Å². The highest BCUT2D eigenvalue weighted by Gasteiger charge is 2.45. The topological polar surface area (TPSA) is 52.6 Å². The summed E-state index contributed by atoms with van der Waals surface area (Å²) in [4.78, 5) is 24.6. The van der Waals surface area contributed by atoms with Crippen molar-refractivity contribution in [2.24, 2.45) is 5.41 Å². The lowest BCUT2D eigenvalue weighted by molar-refractivity contribution is -0.173. The second kappa shape index (κ2) is 13.4. The molecule has 0 radical (unpaired) electrons. The molecule has 4 heteroatoms. The molecule has 0 saturated heterocycles. The van der Waals surface area contributed by atoms with E-state index in [2.05, 4.69) is 6.92 Å². The summed E-state index contributed by atoms with van der Waals surface area (Å²) in [6, 6.07) is 0. The standard InChI is InChI=1S/C19H36O4/c1-5-9-10-11-12-13-14-16-23-18(21)19(7-3,8-4)17(20)22-15-6-2/h5-16H2,1-4H3. The van der Waals surface area contributed by atoms with E-state index in [1.54, 1.807) is 0 Å². The lowest BCUT2D eigenvalue weighted by Crippen LogP contribution is -2.41. The molecule has 0 aromatic carbocycles. The fraction of sp³-hybridized carbons (Fsp3) is 0.895. The van der Waals surface area contributed by atoms with E-state index in [0.717, 1.165) is 19.3 Å². The highest BCUT2D eigenvalue weighted by Crippen LogP contribution is 2.30. The van der Waals surface area contributed by atoms with Crippen LogP contribution >= 0.6 is 0 Å². The maximum absolute atomic E-state index is 12.4. The molecule has 0 saturated carbocycles. The summed E-state index contributed by atoms with van der Waals surface area (Å²) < 4.78 is 10.6. The minimum Gasteiger partial charge on any atom is -0.465 e. The fourth-order valence-electron chi connectivity index (χ4n) is 2.61. The lowest BCUT2D eigenvalue weighted by Gasteiger charge is -2.26. The summed E-state index contributed by atoms with van der Waals surface area (Å²) in [5, 5.41) is 0. The Kier molecular flexibility index (Phi) is 12.8. The molecule has 0 amide bonds. The molecule has 0 N–H and O–H groups in total. The van der Waals surface area contributed by atoms with Crippen LogP contribution in [0.1, 0.15) is 91.9 Å². The second-order valence-electron chi connectivity index (χ2n) is 6.18. The number of rotatable bonds is 14. The van der Waals surface area contributed by atoms with Crippen LogP contribution in [-0.4, -0.2) is 25.2 Å². The molecule has 0 bridgehead atoms. The van der Waals surface area contributed by atoms with Gasteiger partial charge in [-0.1, -0.05) is 66.2 Å². The maximum Gasteiger partial charge on any atom is 0.323 e. The van der Waals surface area contributed by atoms with E-state index in [1.165, 1.54) is 32.1 Å².